The summed E-state index contributed by atoms with van der Waals surface area (Å²) in [5.41, 5.74) is 2.83. The van der Waals surface area contributed by atoms with Crippen molar-refractivity contribution < 1.29 is 4.79 Å². The number of nitrogens with one attached hydrogen (secondary N) is 1. The molecule has 144 valence electrons. The maximum Gasteiger partial charge on any atom is 0.257 e. The number of nitrogens with zero attached hydrogens (tertiary/aromatic N) is 1. The van der Waals surface area contributed by atoms with Crippen LogP contribution in [0.5, 0.6) is 0 Å². The Labute approximate surface area is 182 Å². The van der Waals surface area contributed by atoms with Crippen LogP contribution in [0.2, 0.25) is 0 Å². The van der Waals surface area contributed by atoms with Gasteiger partial charge in [-0.3, -0.25) is 9.59 Å². The van der Waals surface area contributed by atoms with E-state index in [0.717, 1.165) is 20.2 Å². The van der Waals surface area contributed by atoms with Gasteiger partial charge in [0.25, 0.3) is 5.91 Å². The molecule has 0 fully saturated rings. The van der Waals surface area contributed by atoms with Gasteiger partial charge < -0.3 is 9.88 Å². The number of halogens is 1. The van der Waals surface area contributed by atoms with Gasteiger partial charge in [-0.15, -0.1) is 0 Å². The smallest absolute Gasteiger partial charge is 0.257 e. The van der Waals surface area contributed by atoms with Gasteiger partial charge >= 0.3 is 0 Å². The fourth-order valence-corrected chi connectivity index (χ4v) is 3.81. The Morgan fingerprint density at radius 2 is 1.55 bits per heavy atom. The molecule has 1 aromatic heterocycles. The summed E-state index contributed by atoms with van der Waals surface area (Å²) < 4.78 is 2.93. The number of aromatic nitrogens is 1. The minimum absolute atomic E-state index is 0.159. The monoisotopic (exact) mass is 494 g/mol. The van der Waals surface area contributed by atoms with Crippen LogP contribution >= 0.6 is 22.6 Å². The SMILES string of the molecule is O=C(NCc1ccccc1)c1cn(Cc2ccccc2)c2ccc(I)cc2c1=O. The Hall–Kier alpha value is -2.93. The Balaban J connectivity index is 1.74. The predicted molar refractivity (Wildman–Crippen MR) is 124 cm³/mol. The summed E-state index contributed by atoms with van der Waals surface area (Å²) in [7, 11) is 0. The molecular weight excluding hydrogens is 475 g/mol. The number of hydrogen-bond acceptors (Lipinski definition) is 2. The van der Waals surface area contributed by atoms with Crippen LogP contribution in [0, 0.1) is 3.57 Å². The summed E-state index contributed by atoms with van der Waals surface area (Å²) in [5.74, 6) is -0.360. The summed E-state index contributed by atoms with van der Waals surface area (Å²) in [4.78, 5) is 25.9. The van der Waals surface area contributed by atoms with Gasteiger partial charge in [0.1, 0.15) is 5.56 Å². The van der Waals surface area contributed by atoms with Gasteiger partial charge in [0.05, 0.1) is 5.52 Å². The highest BCUT2D eigenvalue weighted by molar-refractivity contribution is 14.1. The fourth-order valence-electron chi connectivity index (χ4n) is 3.32. The quantitative estimate of drug-likeness (QED) is 0.413. The Bertz CT molecular complexity index is 1220. The van der Waals surface area contributed by atoms with Crippen LogP contribution in [0.3, 0.4) is 0 Å². The van der Waals surface area contributed by atoms with Gasteiger partial charge in [0.2, 0.25) is 5.43 Å². The number of carbonyl (C=O) groups excluding carboxylic acids is 1. The molecule has 0 unspecified atom stereocenters. The number of amides is 1. The lowest BCUT2D eigenvalue weighted by Gasteiger charge is -2.14. The zero-order valence-corrected chi connectivity index (χ0v) is 17.8. The molecule has 1 N–H and O–H groups in total. The third-order valence-corrected chi connectivity index (χ3v) is 5.45. The topological polar surface area (TPSA) is 51.1 Å². The fraction of sp³-hybridized carbons (Fsp3) is 0.0833. The van der Waals surface area contributed by atoms with Crippen LogP contribution in [-0.4, -0.2) is 10.5 Å². The van der Waals surface area contributed by atoms with E-state index < -0.39 is 0 Å². The molecule has 1 heterocycles. The van der Waals surface area contributed by atoms with E-state index in [0.29, 0.717) is 18.5 Å². The number of benzene rings is 3. The largest absolute Gasteiger partial charge is 0.348 e. The van der Waals surface area contributed by atoms with Crippen molar-refractivity contribution in [2.24, 2.45) is 0 Å². The molecule has 5 heteroatoms. The molecule has 4 rings (SSSR count). The molecule has 0 aliphatic rings. The lowest BCUT2D eigenvalue weighted by molar-refractivity contribution is 0.0949. The van der Waals surface area contributed by atoms with E-state index >= 15 is 0 Å². The van der Waals surface area contributed by atoms with E-state index in [1.54, 1.807) is 6.20 Å². The Morgan fingerprint density at radius 1 is 0.897 bits per heavy atom. The van der Waals surface area contributed by atoms with Crippen molar-refractivity contribution in [3.8, 4) is 0 Å². The van der Waals surface area contributed by atoms with Crippen molar-refractivity contribution in [1.82, 2.24) is 9.88 Å². The van der Waals surface area contributed by atoms with E-state index in [-0.39, 0.29) is 16.9 Å². The highest BCUT2D eigenvalue weighted by atomic mass is 127. The highest BCUT2D eigenvalue weighted by Crippen LogP contribution is 2.17. The van der Waals surface area contributed by atoms with Crippen LogP contribution in [-0.2, 0) is 13.1 Å². The summed E-state index contributed by atoms with van der Waals surface area (Å²) in [6, 6.07) is 25.4. The van der Waals surface area contributed by atoms with Crippen molar-refractivity contribution in [1.29, 1.82) is 0 Å². The van der Waals surface area contributed by atoms with Gasteiger partial charge in [-0.1, -0.05) is 60.7 Å². The number of carbonyl (C=O) groups is 1. The van der Waals surface area contributed by atoms with E-state index in [1.165, 1.54) is 0 Å². The van der Waals surface area contributed by atoms with E-state index in [2.05, 4.69) is 27.9 Å². The second kappa shape index (κ2) is 8.61. The average Bonchev–Trinajstić information content (AvgIpc) is 2.75. The predicted octanol–water partition coefficient (Wildman–Crippen LogP) is 4.58. The molecule has 4 aromatic rings. The van der Waals surface area contributed by atoms with Crippen molar-refractivity contribution in [2.45, 2.75) is 13.1 Å². The van der Waals surface area contributed by atoms with Gasteiger partial charge in [-0.25, -0.2) is 0 Å². The first-order chi connectivity index (χ1) is 14.1. The summed E-state index contributed by atoms with van der Waals surface area (Å²) in [5, 5.41) is 3.43. The number of hydrogen-bond donors (Lipinski definition) is 1. The molecular formula is C24H19IN2O2. The minimum atomic E-state index is -0.360. The molecule has 0 spiro atoms. The third-order valence-electron chi connectivity index (χ3n) is 4.78. The van der Waals surface area contributed by atoms with Crippen molar-refractivity contribution in [3.05, 3.63) is 116 Å². The van der Waals surface area contributed by atoms with Gasteiger partial charge in [0.15, 0.2) is 0 Å². The molecule has 0 saturated heterocycles. The molecule has 0 aliphatic heterocycles. The lowest BCUT2D eigenvalue weighted by Crippen LogP contribution is -2.29. The molecule has 0 aliphatic carbocycles. The van der Waals surface area contributed by atoms with Crippen molar-refractivity contribution >= 4 is 39.4 Å². The van der Waals surface area contributed by atoms with E-state index in [1.807, 2.05) is 83.4 Å². The van der Waals surface area contributed by atoms with Gasteiger partial charge in [-0.05, 0) is 51.9 Å². The Kier molecular flexibility index (Phi) is 5.76. The molecule has 29 heavy (non-hydrogen) atoms. The van der Waals surface area contributed by atoms with Crippen LogP contribution in [0.15, 0.2) is 89.9 Å². The van der Waals surface area contributed by atoms with Crippen LogP contribution in [0.1, 0.15) is 21.5 Å². The maximum absolute atomic E-state index is 13.1. The zero-order valence-electron chi connectivity index (χ0n) is 15.6. The molecule has 0 bridgehead atoms. The zero-order chi connectivity index (χ0) is 20.2. The van der Waals surface area contributed by atoms with Crippen LogP contribution in [0.4, 0.5) is 0 Å². The standard InChI is InChI=1S/C24H19IN2O2/c25-19-11-12-22-20(13-19)23(28)21(16-27(22)15-18-9-5-2-6-10-18)24(29)26-14-17-7-3-1-4-8-17/h1-13,16H,14-15H2,(H,26,29). The van der Waals surface area contributed by atoms with Crippen LogP contribution < -0.4 is 10.7 Å². The highest BCUT2D eigenvalue weighted by Gasteiger charge is 2.16. The summed E-state index contributed by atoms with van der Waals surface area (Å²) in [6.07, 6.45) is 1.67. The number of rotatable bonds is 5. The molecule has 0 atom stereocenters. The lowest BCUT2D eigenvalue weighted by atomic mass is 10.1. The summed E-state index contributed by atoms with van der Waals surface area (Å²) >= 11 is 2.18. The normalized spacial score (nSPS) is 10.8. The third kappa shape index (κ3) is 4.40. The molecule has 4 nitrogen and oxygen atoms in total. The molecule has 1 amide bonds. The second-order valence-corrected chi connectivity index (χ2v) is 8.06. The first-order valence-corrected chi connectivity index (χ1v) is 10.4. The first-order valence-electron chi connectivity index (χ1n) is 9.30. The van der Waals surface area contributed by atoms with Gasteiger partial charge in [-0.2, -0.15) is 0 Å². The maximum atomic E-state index is 13.1. The number of fused-ring (bicyclic) bond motifs is 1. The molecule has 0 saturated carbocycles. The molecule has 0 radical (unpaired) electrons. The Morgan fingerprint density at radius 3 is 2.24 bits per heavy atom. The second-order valence-electron chi connectivity index (χ2n) is 6.82. The van der Waals surface area contributed by atoms with E-state index in [9.17, 15) is 9.59 Å². The van der Waals surface area contributed by atoms with E-state index in [4.69, 9.17) is 0 Å². The minimum Gasteiger partial charge on any atom is -0.348 e. The number of pyridine rings is 1. The average molecular weight is 494 g/mol. The first kappa shape index (κ1) is 19.4. The summed E-state index contributed by atoms with van der Waals surface area (Å²) in [6.45, 7) is 0.958. The van der Waals surface area contributed by atoms with Crippen molar-refractivity contribution in [2.75, 3.05) is 0 Å². The molecule has 3 aromatic carbocycles. The van der Waals surface area contributed by atoms with Crippen molar-refractivity contribution in [3.63, 3.8) is 0 Å². The van der Waals surface area contributed by atoms with Crippen LogP contribution in [0.25, 0.3) is 10.9 Å². The van der Waals surface area contributed by atoms with Gasteiger partial charge in [0, 0.05) is 28.2 Å².